The second kappa shape index (κ2) is 6.69. The molecule has 8 heteroatoms. The molecule has 0 bridgehead atoms. The normalized spacial score (nSPS) is 15.4. The van der Waals surface area contributed by atoms with Crippen LogP contribution in [0.4, 0.5) is 5.82 Å². The maximum Gasteiger partial charge on any atom is 0.244 e. The van der Waals surface area contributed by atoms with E-state index in [0.29, 0.717) is 18.4 Å². The topological polar surface area (TPSA) is 93.4 Å². The third-order valence-electron chi connectivity index (χ3n) is 2.65. The van der Waals surface area contributed by atoms with E-state index in [-0.39, 0.29) is 11.7 Å². The molecule has 1 aromatic rings. The van der Waals surface area contributed by atoms with Crippen LogP contribution in [0.2, 0.25) is 0 Å². The molecular weight excluding hydrogens is 266 g/mol. The number of nitrogens with one attached hydrogen (secondary N) is 1. The first-order valence-corrected chi connectivity index (χ1v) is 6.98. The van der Waals surface area contributed by atoms with E-state index in [9.17, 15) is 4.79 Å². The third kappa shape index (κ3) is 4.05. The molecule has 0 radical (unpaired) electrons. The van der Waals surface area contributed by atoms with Gasteiger partial charge in [-0.2, -0.15) is 0 Å². The number of aromatic nitrogens is 2. The molecule has 1 aromatic heterocycles. The Hall–Kier alpha value is -1.38. The van der Waals surface area contributed by atoms with E-state index >= 15 is 0 Å². The highest BCUT2D eigenvalue weighted by Crippen LogP contribution is 2.19. The van der Waals surface area contributed by atoms with Gasteiger partial charge >= 0.3 is 0 Å². The number of thioether (sulfide) groups is 1. The van der Waals surface area contributed by atoms with E-state index in [4.69, 9.17) is 10.6 Å². The number of hydrogen-bond acceptors (Lipinski definition) is 7. The Morgan fingerprint density at radius 3 is 2.95 bits per heavy atom. The van der Waals surface area contributed by atoms with Crippen molar-refractivity contribution in [2.45, 2.75) is 12.1 Å². The monoisotopic (exact) mass is 283 g/mol. The Labute approximate surface area is 115 Å². The molecule has 104 valence electrons. The summed E-state index contributed by atoms with van der Waals surface area (Å²) in [4.78, 5) is 22.0. The van der Waals surface area contributed by atoms with Crippen LogP contribution < -0.4 is 16.2 Å². The number of ether oxygens (including phenoxy) is 1. The smallest absolute Gasteiger partial charge is 0.244 e. The average molecular weight is 283 g/mol. The maximum absolute atomic E-state index is 11.1. The molecule has 0 aromatic carbocycles. The summed E-state index contributed by atoms with van der Waals surface area (Å²) in [6, 6.07) is 1.94. The van der Waals surface area contributed by atoms with Crippen molar-refractivity contribution in [2.24, 2.45) is 5.84 Å². The quantitative estimate of drug-likeness (QED) is 0.258. The van der Waals surface area contributed by atoms with Crippen molar-refractivity contribution >= 4 is 23.5 Å². The number of morpholine rings is 1. The first-order chi connectivity index (χ1) is 9.19. The molecule has 0 atom stereocenters. The summed E-state index contributed by atoms with van der Waals surface area (Å²) in [5.41, 5.74) is 2.97. The molecule has 0 saturated carbocycles. The molecule has 1 fully saturated rings. The molecule has 3 N–H and O–H groups in total. The van der Waals surface area contributed by atoms with Crippen LogP contribution in [0.3, 0.4) is 0 Å². The van der Waals surface area contributed by atoms with Crippen molar-refractivity contribution in [1.82, 2.24) is 15.4 Å². The van der Waals surface area contributed by atoms with E-state index in [1.165, 1.54) is 11.8 Å². The molecule has 1 amide bonds. The van der Waals surface area contributed by atoms with E-state index in [0.717, 1.165) is 24.6 Å². The van der Waals surface area contributed by atoms with Crippen molar-refractivity contribution < 1.29 is 9.53 Å². The number of anilines is 1. The molecule has 19 heavy (non-hydrogen) atoms. The van der Waals surface area contributed by atoms with E-state index in [1.807, 2.05) is 13.0 Å². The zero-order valence-corrected chi connectivity index (χ0v) is 11.6. The highest BCUT2D eigenvalue weighted by molar-refractivity contribution is 7.99. The Kier molecular flexibility index (Phi) is 4.94. The highest BCUT2D eigenvalue weighted by Gasteiger charge is 2.14. The van der Waals surface area contributed by atoms with Crippen molar-refractivity contribution in [3.63, 3.8) is 0 Å². The fourth-order valence-corrected chi connectivity index (χ4v) is 2.43. The van der Waals surface area contributed by atoms with Crippen molar-refractivity contribution in [3.8, 4) is 0 Å². The van der Waals surface area contributed by atoms with E-state index in [2.05, 4.69) is 20.3 Å². The van der Waals surface area contributed by atoms with E-state index < -0.39 is 0 Å². The van der Waals surface area contributed by atoms with Gasteiger partial charge in [-0.3, -0.25) is 10.2 Å². The van der Waals surface area contributed by atoms with E-state index in [1.54, 1.807) is 0 Å². The minimum absolute atomic E-state index is 0.211. The van der Waals surface area contributed by atoms with Crippen molar-refractivity contribution in [3.05, 3.63) is 11.8 Å². The number of rotatable bonds is 4. The number of hydrazine groups is 1. The zero-order chi connectivity index (χ0) is 13.7. The third-order valence-corrected chi connectivity index (χ3v) is 3.50. The summed E-state index contributed by atoms with van der Waals surface area (Å²) in [5, 5.41) is 0.588. The molecule has 1 saturated heterocycles. The Bertz CT molecular complexity index is 451. The predicted molar refractivity (Wildman–Crippen MR) is 72.9 cm³/mol. The average Bonchev–Trinajstić information content (AvgIpc) is 2.45. The summed E-state index contributed by atoms with van der Waals surface area (Å²) in [6.45, 7) is 4.98. The Balaban J connectivity index is 2.07. The van der Waals surface area contributed by atoms with Crippen LogP contribution in [0, 0.1) is 6.92 Å². The lowest BCUT2D eigenvalue weighted by Crippen LogP contribution is -2.37. The molecule has 0 aliphatic carbocycles. The molecule has 1 aliphatic heterocycles. The van der Waals surface area contributed by atoms with Crippen LogP contribution >= 0.6 is 11.8 Å². The number of nitrogens with two attached hydrogens (primary N) is 1. The van der Waals surface area contributed by atoms with Gasteiger partial charge < -0.3 is 9.64 Å². The number of hydrogen-bond donors (Lipinski definition) is 2. The summed E-state index contributed by atoms with van der Waals surface area (Å²) >= 11 is 1.27. The van der Waals surface area contributed by atoms with Gasteiger partial charge in [-0.25, -0.2) is 15.8 Å². The van der Waals surface area contributed by atoms with Crippen LogP contribution in [0.5, 0.6) is 0 Å². The summed E-state index contributed by atoms with van der Waals surface area (Å²) < 4.78 is 5.32. The van der Waals surface area contributed by atoms with Gasteiger partial charge in [0.2, 0.25) is 5.91 Å². The lowest BCUT2D eigenvalue weighted by Gasteiger charge is -2.28. The zero-order valence-electron chi connectivity index (χ0n) is 10.8. The summed E-state index contributed by atoms with van der Waals surface area (Å²) in [5.74, 6) is 5.88. The van der Waals surface area contributed by atoms with Crippen molar-refractivity contribution in [1.29, 1.82) is 0 Å². The van der Waals surface area contributed by atoms with Gasteiger partial charge in [-0.15, -0.1) is 0 Å². The number of carbonyl (C=O) groups excluding carboxylic acids is 1. The number of amides is 1. The van der Waals surface area contributed by atoms with Crippen molar-refractivity contribution in [2.75, 3.05) is 37.0 Å². The highest BCUT2D eigenvalue weighted by atomic mass is 32.2. The summed E-state index contributed by atoms with van der Waals surface area (Å²) in [6.07, 6.45) is 0. The van der Waals surface area contributed by atoms with Crippen LogP contribution in [0.1, 0.15) is 5.69 Å². The van der Waals surface area contributed by atoms with Gasteiger partial charge in [0.05, 0.1) is 19.0 Å². The predicted octanol–water partition coefficient (Wildman–Crippen LogP) is -0.296. The van der Waals surface area contributed by atoms with Gasteiger partial charge in [-0.1, -0.05) is 11.8 Å². The Morgan fingerprint density at radius 1 is 1.53 bits per heavy atom. The van der Waals surface area contributed by atoms with Gasteiger partial charge in [0.15, 0.2) is 5.16 Å². The fraction of sp³-hybridized carbons (Fsp3) is 0.545. The molecule has 1 aliphatic rings. The fourth-order valence-electron chi connectivity index (χ4n) is 1.72. The van der Waals surface area contributed by atoms with Crippen LogP contribution in [0.15, 0.2) is 11.2 Å². The molecule has 2 heterocycles. The SMILES string of the molecule is Cc1cc(N2CCOCC2)nc(SCC(=O)NN)n1. The molecule has 0 unspecified atom stereocenters. The first kappa shape index (κ1) is 14.0. The summed E-state index contributed by atoms with van der Waals surface area (Å²) in [7, 11) is 0. The second-order valence-corrected chi connectivity index (χ2v) is 5.05. The van der Waals surface area contributed by atoms with Gasteiger partial charge in [0.1, 0.15) is 5.82 Å². The minimum atomic E-state index is -0.247. The standard InChI is InChI=1S/C11H17N5O2S/c1-8-6-9(16-2-4-18-5-3-16)14-11(13-8)19-7-10(17)15-12/h6H,2-5,7,12H2,1H3,(H,15,17). The van der Waals surface area contributed by atoms with Gasteiger partial charge in [0, 0.05) is 24.8 Å². The van der Waals surface area contributed by atoms with Gasteiger partial charge in [-0.05, 0) is 6.92 Å². The minimum Gasteiger partial charge on any atom is -0.378 e. The van der Waals surface area contributed by atoms with Crippen LogP contribution in [-0.4, -0.2) is 47.9 Å². The number of aryl methyl sites for hydroxylation is 1. The largest absolute Gasteiger partial charge is 0.378 e. The van der Waals surface area contributed by atoms with Gasteiger partial charge in [0.25, 0.3) is 0 Å². The maximum atomic E-state index is 11.1. The van der Waals surface area contributed by atoms with Crippen LogP contribution in [-0.2, 0) is 9.53 Å². The lowest BCUT2D eigenvalue weighted by atomic mass is 10.3. The Morgan fingerprint density at radius 2 is 2.26 bits per heavy atom. The van der Waals surface area contributed by atoms with Crippen LogP contribution in [0.25, 0.3) is 0 Å². The lowest BCUT2D eigenvalue weighted by molar-refractivity contribution is -0.118. The molecule has 7 nitrogen and oxygen atoms in total. The molecule has 0 spiro atoms. The molecule has 2 rings (SSSR count). The molecular formula is C11H17N5O2S. The second-order valence-electron chi connectivity index (χ2n) is 4.11. The number of carbonyl (C=O) groups is 1. The number of nitrogens with zero attached hydrogens (tertiary/aromatic N) is 3. The first-order valence-electron chi connectivity index (χ1n) is 5.99.